The van der Waals surface area contributed by atoms with E-state index in [4.69, 9.17) is 9.47 Å². The first-order valence-corrected chi connectivity index (χ1v) is 15.4. The Morgan fingerprint density at radius 1 is 0.978 bits per heavy atom. The molecule has 12 heteroatoms. The maximum absolute atomic E-state index is 13.8. The Morgan fingerprint density at radius 2 is 1.83 bits per heavy atom. The molecule has 0 saturated heterocycles. The molecule has 4 aromatic rings. The zero-order valence-corrected chi connectivity index (χ0v) is 25.8. The minimum absolute atomic E-state index is 0.116. The van der Waals surface area contributed by atoms with Crippen LogP contribution in [0.2, 0.25) is 0 Å². The van der Waals surface area contributed by atoms with Gasteiger partial charge in [-0.3, -0.25) is 24.5 Å². The zero-order chi connectivity index (χ0) is 31.8. The number of aromatic nitrogens is 4. The van der Waals surface area contributed by atoms with Gasteiger partial charge in [-0.05, 0) is 65.8 Å². The summed E-state index contributed by atoms with van der Waals surface area (Å²) in [7, 11) is 1.70. The van der Waals surface area contributed by atoms with E-state index in [1.54, 1.807) is 36.6 Å². The lowest BCUT2D eigenvalue weighted by molar-refractivity contribution is -0.132. The van der Waals surface area contributed by atoms with Crippen LogP contribution in [0.4, 0.5) is 5.82 Å². The Labute approximate surface area is 265 Å². The summed E-state index contributed by atoms with van der Waals surface area (Å²) in [6, 6.07) is 6.86. The summed E-state index contributed by atoms with van der Waals surface area (Å²) in [5.41, 5.74) is 5.66. The van der Waals surface area contributed by atoms with Crippen LogP contribution in [0.5, 0.6) is 0 Å². The summed E-state index contributed by atoms with van der Waals surface area (Å²) in [5.74, 6) is -0.265. The predicted molar refractivity (Wildman–Crippen MR) is 170 cm³/mol. The average molecular weight is 622 g/mol. The first-order valence-electron chi connectivity index (χ1n) is 15.4. The van der Waals surface area contributed by atoms with Crippen LogP contribution in [-0.4, -0.2) is 88.8 Å². The number of aromatic amines is 1. The topological polar surface area (TPSA) is 151 Å². The molecule has 2 atom stereocenters. The van der Waals surface area contributed by atoms with Crippen molar-refractivity contribution in [3.05, 3.63) is 88.0 Å². The molecule has 1 aliphatic carbocycles. The van der Waals surface area contributed by atoms with Crippen molar-refractivity contribution in [2.45, 2.75) is 37.6 Å². The second-order valence-corrected chi connectivity index (χ2v) is 12.2. The van der Waals surface area contributed by atoms with Crippen LogP contribution >= 0.6 is 0 Å². The van der Waals surface area contributed by atoms with Crippen molar-refractivity contribution >= 4 is 40.5 Å². The number of pyridine rings is 2. The average Bonchev–Trinajstić information content (AvgIpc) is 3.75. The summed E-state index contributed by atoms with van der Waals surface area (Å²) in [6.07, 6.45) is 10.1. The predicted octanol–water partition coefficient (Wildman–Crippen LogP) is 2.51. The number of nitrogens with one attached hydrogen (secondary N) is 3. The molecule has 3 N–H and O–H groups in total. The van der Waals surface area contributed by atoms with E-state index in [0.717, 1.165) is 44.3 Å². The molecule has 5 bridgehead atoms. The van der Waals surface area contributed by atoms with Gasteiger partial charge in [-0.25, -0.2) is 4.98 Å². The van der Waals surface area contributed by atoms with Gasteiger partial charge in [0.1, 0.15) is 17.6 Å². The highest BCUT2D eigenvalue weighted by Gasteiger charge is 2.51. The van der Waals surface area contributed by atoms with Gasteiger partial charge in [0.25, 0.3) is 5.91 Å². The number of hydrogen-bond acceptors (Lipinski definition) is 8. The van der Waals surface area contributed by atoms with Crippen molar-refractivity contribution in [1.29, 1.82) is 0 Å². The number of hydrogen-bond donors (Lipinski definition) is 3. The number of benzene rings is 1. The molecule has 3 amide bonds. The first kappa shape index (κ1) is 29.8. The van der Waals surface area contributed by atoms with Crippen LogP contribution in [0, 0.1) is 6.92 Å². The SMILES string of the molecule is Cc1cc(C[C@H]2NC(=O)c3cc4c(cn3)C[C@]3(C4)C(=O)Nc4ncc(cc43)/C=C/COCCOCCN(C)C2=O)cc2cn[nH]c12. The molecule has 12 nitrogen and oxygen atoms in total. The maximum atomic E-state index is 13.8. The van der Waals surface area contributed by atoms with Crippen molar-refractivity contribution in [2.24, 2.45) is 0 Å². The molecule has 236 valence electrons. The minimum atomic E-state index is -0.854. The quantitative estimate of drug-likeness (QED) is 0.309. The van der Waals surface area contributed by atoms with Crippen LogP contribution < -0.4 is 10.6 Å². The fourth-order valence-corrected chi connectivity index (χ4v) is 6.65. The second-order valence-electron chi connectivity index (χ2n) is 12.2. The van der Waals surface area contributed by atoms with Gasteiger partial charge in [-0.2, -0.15) is 5.10 Å². The Morgan fingerprint density at radius 3 is 2.72 bits per heavy atom. The number of amides is 3. The number of carbonyl (C=O) groups is 3. The lowest BCUT2D eigenvalue weighted by Gasteiger charge is -2.25. The lowest BCUT2D eigenvalue weighted by Crippen LogP contribution is -2.49. The van der Waals surface area contributed by atoms with Crippen LogP contribution in [0.1, 0.15) is 43.9 Å². The molecule has 1 spiro atoms. The fraction of sp³-hybridized carbons (Fsp3) is 0.353. The van der Waals surface area contributed by atoms with Gasteiger partial charge in [0.2, 0.25) is 11.8 Å². The van der Waals surface area contributed by atoms with Crippen molar-refractivity contribution < 1.29 is 23.9 Å². The summed E-state index contributed by atoms with van der Waals surface area (Å²) < 4.78 is 11.4. The molecular weight excluding hydrogens is 586 g/mol. The molecule has 2 aliphatic heterocycles. The van der Waals surface area contributed by atoms with E-state index in [1.165, 1.54) is 0 Å². The Balaban J connectivity index is 1.20. The number of anilines is 1. The van der Waals surface area contributed by atoms with Crippen LogP contribution in [0.25, 0.3) is 17.0 Å². The van der Waals surface area contributed by atoms with E-state index >= 15 is 0 Å². The number of nitrogens with zero attached hydrogens (tertiary/aromatic N) is 4. The second kappa shape index (κ2) is 12.1. The third-order valence-electron chi connectivity index (χ3n) is 9.08. The normalized spacial score (nSPS) is 22.8. The van der Waals surface area contributed by atoms with Gasteiger partial charge >= 0.3 is 0 Å². The lowest BCUT2D eigenvalue weighted by atomic mass is 9.79. The first-order chi connectivity index (χ1) is 22.3. The number of fused-ring (bicyclic) bond motifs is 3. The molecule has 0 fully saturated rings. The van der Waals surface area contributed by atoms with E-state index in [9.17, 15) is 14.4 Å². The number of carbonyl (C=O) groups excluding carboxylic acids is 3. The highest BCUT2D eigenvalue weighted by Crippen LogP contribution is 2.47. The van der Waals surface area contributed by atoms with Crippen molar-refractivity contribution in [3.8, 4) is 0 Å². The van der Waals surface area contributed by atoms with Crippen LogP contribution in [-0.2, 0) is 43.7 Å². The van der Waals surface area contributed by atoms with E-state index in [0.29, 0.717) is 51.6 Å². The molecule has 0 saturated carbocycles. The van der Waals surface area contributed by atoms with E-state index < -0.39 is 17.4 Å². The number of H-pyrrole nitrogens is 1. The van der Waals surface area contributed by atoms with Gasteiger partial charge in [-0.15, -0.1) is 0 Å². The largest absolute Gasteiger partial charge is 0.377 e. The zero-order valence-electron chi connectivity index (χ0n) is 25.8. The van der Waals surface area contributed by atoms with Crippen LogP contribution in [0.15, 0.2) is 48.9 Å². The number of likely N-dealkylation sites (N-methyl/N-ethyl adjacent to an activating group) is 1. The highest BCUT2D eigenvalue weighted by atomic mass is 16.5. The van der Waals surface area contributed by atoms with E-state index in [1.807, 2.05) is 37.3 Å². The Hall–Kier alpha value is -4.94. The van der Waals surface area contributed by atoms with Gasteiger partial charge in [0.15, 0.2) is 0 Å². The number of ether oxygens (including phenoxy) is 2. The third kappa shape index (κ3) is 5.54. The van der Waals surface area contributed by atoms with Gasteiger partial charge < -0.3 is 25.0 Å². The molecule has 0 unspecified atom stereocenters. The smallest absolute Gasteiger partial charge is 0.270 e. The minimum Gasteiger partial charge on any atom is -0.377 e. The Kier molecular flexibility index (Phi) is 7.83. The number of aryl methyl sites for hydroxylation is 1. The molecule has 7 rings (SSSR count). The van der Waals surface area contributed by atoms with Crippen molar-refractivity contribution in [1.82, 2.24) is 30.4 Å². The van der Waals surface area contributed by atoms with Crippen molar-refractivity contribution in [3.63, 3.8) is 0 Å². The monoisotopic (exact) mass is 621 g/mol. The number of rotatable bonds is 2. The Bertz CT molecular complexity index is 1880. The van der Waals surface area contributed by atoms with Crippen LogP contribution in [0.3, 0.4) is 0 Å². The van der Waals surface area contributed by atoms with Gasteiger partial charge in [-0.1, -0.05) is 18.2 Å². The van der Waals surface area contributed by atoms with E-state index in [-0.39, 0.29) is 23.9 Å². The molecule has 0 radical (unpaired) electrons. The van der Waals surface area contributed by atoms with Crippen molar-refractivity contribution in [2.75, 3.05) is 45.3 Å². The third-order valence-corrected chi connectivity index (χ3v) is 9.08. The van der Waals surface area contributed by atoms with Gasteiger partial charge in [0.05, 0.1) is 43.6 Å². The standard InChI is InChI=1S/C34H35N7O5/c1-20-10-22(11-24-19-37-40-29(20)24)13-28-32(43)41(2)5-7-46-9-8-45-6-3-4-21-12-26-30(36-17-21)39-33(44)34(26)15-23-14-27(31(42)38-28)35-18-25(23)16-34/h3-4,10-12,14,17-19,28H,5-9,13,15-16H2,1-2H3,(H,37,40)(H,38,42)(H,36,39,44)/b4-3+/t28-,34+/m1/s1. The maximum Gasteiger partial charge on any atom is 0.270 e. The van der Waals surface area contributed by atoms with E-state index in [2.05, 4.69) is 30.8 Å². The molecular formula is C34H35N7O5. The molecule has 3 aromatic heterocycles. The summed E-state index contributed by atoms with van der Waals surface area (Å²) in [5, 5.41) is 14.0. The molecule has 46 heavy (non-hydrogen) atoms. The molecule has 3 aliphatic rings. The highest BCUT2D eigenvalue weighted by molar-refractivity contribution is 6.06. The molecule has 5 heterocycles. The summed E-state index contributed by atoms with van der Waals surface area (Å²) in [6.45, 7) is 3.81. The fourth-order valence-electron chi connectivity index (χ4n) is 6.65. The summed E-state index contributed by atoms with van der Waals surface area (Å²) in [4.78, 5) is 51.5. The molecule has 1 aromatic carbocycles. The van der Waals surface area contributed by atoms with Gasteiger partial charge in [0, 0.05) is 43.4 Å². The summed E-state index contributed by atoms with van der Waals surface area (Å²) >= 11 is 0.